The average Bonchev–Trinajstić information content (AvgIpc) is 2.40. The molecule has 1 unspecified atom stereocenters. The molecule has 2 rings (SSSR count). The summed E-state index contributed by atoms with van der Waals surface area (Å²) in [6.07, 6.45) is -4.52. The summed E-state index contributed by atoms with van der Waals surface area (Å²) in [5.74, 6) is -0.706. The van der Waals surface area contributed by atoms with Crippen LogP contribution in [0.25, 0.3) is 0 Å². The number of halogens is 5. The molecule has 0 aliphatic rings. The van der Waals surface area contributed by atoms with Crippen molar-refractivity contribution in [3.63, 3.8) is 0 Å². The van der Waals surface area contributed by atoms with Gasteiger partial charge in [-0.3, -0.25) is 0 Å². The Labute approximate surface area is 124 Å². The van der Waals surface area contributed by atoms with Gasteiger partial charge in [-0.25, -0.2) is 4.39 Å². The van der Waals surface area contributed by atoms with Gasteiger partial charge in [0, 0.05) is 10.6 Å². The summed E-state index contributed by atoms with van der Waals surface area (Å²) in [4.78, 5) is 0. The zero-order chi connectivity index (χ0) is 15.6. The molecule has 1 nitrogen and oxygen atoms in total. The lowest BCUT2D eigenvalue weighted by Crippen LogP contribution is -2.20. The Morgan fingerprint density at radius 1 is 1.10 bits per heavy atom. The predicted molar refractivity (Wildman–Crippen MR) is 73.8 cm³/mol. The second kappa shape index (κ2) is 6.03. The van der Waals surface area contributed by atoms with Crippen LogP contribution in [-0.2, 0) is 6.18 Å². The molecule has 6 heteroatoms. The number of benzene rings is 2. The first-order valence-corrected chi connectivity index (χ1v) is 6.50. The van der Waals surface area contributed by atoms with Gasteiger partial charge in [-0.2, -0.15) is 13.2 Å². The Morgan fingerprint density at radius 2 is 1.81 bits per heavy atom. The van der Waals surface area contributed by atoms with Crippen molar-refractivity contribution in [2.75, 3.05) is 7.05 Å². The lowest BCUT2D eigenvalue weighted by atomic mass is 9.96. The van der Waals surface area contributed by atoms with Crippen molar-refractivity contribution in [2.24, 2.45) is 0 Å². The SMILES string of the molecule is CNC(c1cccc(Cl)c1)c1cc(C(F)(F)F)ccc1F. The second-order valence-corrected chi connectivity index (χ2v) is 4.95. The molecule has 0 aromatic heterocycles. The monoisotopic (exact) mass is 317 g/mol. The third-order valence-corrected chi connectivity index (χ3v) is 3.34. The molecule has 1 N–H and O–H groups in total. The molecule has 0 saturated heterocycles. The summed E-state index contributed by atoms with van der Waals surface area (Å²) in [5.41, 5.74) is -0.376. The molecule has 0 amide bonds. The van der Waals surface area contributed by atoms with Crippen molar-refractivity contribution >= 4 is 11.6 Å². The van der Waals surface area contributed by atoms with Gasteiger partial charge in [-0.05, 0) is 42.9 Å². The Balaban J connectivity index is 2.52. The number of nitrogens with one attached hydrogen (secondary N) is 1. The molecule has 2 aromatic rings. The van der Waals surface area contributed by atoms with Crippen LogP contribution in [0.5, 0.6) is 0 Å². The van der Waals surface area contributed by atoms with E-state index in [1.165, 1.54) is 0 Å². The number of alkyl halides is 3. The first-order valence-electron chi connectivity index (χ1n) is 6.12. The van der Waals surface area contributed by atoms with Gasteiger partial charge >= 0.3 is 6.18 Å². The summed E-state index contributed by atoms with van der Waals surface area (Å²) < 4.78 is 52.2. The average molecular weight is 318 g/mol. The van der Waals surface area contributed by atoms with Crippen molar-refractivity contribution in [2.45, 2.75) is 12.2 Å². The van der Waals surface area contributed by atoms with Crippen molar-refractivity contribution < 1.29 is 17.6 Å². The van der Waals surface area contributed by atoms with Gasteiger partial charge in [0.1, 0.15) is 5.82 Å². The molecule has 0 heterocycles. The maximum absolute atomic E-state index is 13.9. The van der Waals surface area contributed by atoms with Crippen molar-refractivity contribution in [1.29, 1.82) is 0 Å². The van der Waals surface area contributed by atoms with Gasteiger partial charge in [-0.15, -0.1) is 0 Å². The highest BCUT2D eigenvalue weighted by atomic mass is 35.5. The van der Waals surface area contributed by atoms with E-state index in [9.17, 15) is 17.6 Å². The molecule has 0 bridgehead atoms. The first-order chi connectivity index (χ1) is 9.82. The first kappa shape index (κ1) is 15.8. The largest absolute Gasteiger partial charge is 0.416 e. The van der Waals surface area contributed by atoms with Crippen LogP contribution in [-0.4, -0.2) is 7.05 Å². The second-order valence-electron chi connectivity index (χ2n) is 4.51. The maximum atomic E-state index is 13.9. The van der Waals surface area contributed by atoms with Crippen LogP contribution < -0.4 is 5.32 Å². The van der Waals surface area contributed by atoms with Gasteiger partial charge in [0.05, 0.1) is 11.6 Å². The van der Waals surface area contributed by atoms with Crippen LogP contribution >= 0.6 is 11.6 Å². The fraction of sp³-hybridized carbons (Fsp3) is 0.200. The molecular weight excluding hydrogens is 306 g/mol. The van der Waals surface area contributed by atoms with E-state index in [1.807, 2.05) is 0 Å². The molecule has 0 radical (unpaired) electrons. The lowest BCUT2D eigenvalue weighted by molar-refractivity contribution is -0.137. The Bertz CT molecular complexity index is 640. The predicted octanol–water partition coefficient (Wildman–Crippen LogP) is 4.81. The van der Waals surface area contributed by atoms with Crippen molar-refractivity contribution in [1.82, 2.24) is 5.32 Å². The Morgan fingerprint density at radius 3 is 2.38 bits per heavy atom. The minimum Gasteiger partial charge on any atom is -0.309 e. The van der Waals surface area contributed by atoms with E-state index in [0.717, 1.165) is 18.2 Å². The van der Waals surface area contributed by atoms with Crippen LogP contribution in [0.15, 0.2) is 42.5 Å². The molecule has 0 saturated carbocycles. The van der Waals surface area contributed by atoms with E-state index >= 15 is 0 Å². The normalized spacial score (nSPS) is 13.2. The Kier molecular flexibility index (Phi) is 4.54. The molecule has 0 spiro atoms. The fourth-order valence-electron chi connectivity index (χ4n) is 2.13. The molecular formula is C15H12ClF4N. The standard InChI is InChI=1S/C15H12ClF4N/c1-21-14(9-3-2-4-11(16)7-9)12-8-10(15(18,19)20)5-6-13(12)17/h2-8,14,21H,1H3. The van der Waals surface area contributed by atoms with Gasteiger partial charge < -0.3 is 5.32 Å². The minimum absolute atomic E-state index is 0.0745. The van der Waals surface area contributed by atoms with Crippen molar-refractivity contribution in [3.05, 3.63) is 70.0 Å². The summed E-state index contributed by atoms with van der Waals surface area (Å²) in [5, 5.41) is 3.25. The Hall–Kier alpha value is -1.59. The van der Waals surface area contributed by atoms with E-state index in [0.29, 0.717) is 10.6 Å². The van der Waals surface area contributed by atoms with Gasteiger partial charge in [0.15, 0.2) is 0 Å². The molecule has 0 fully saturated rings. The molecule has 21 heavy (non-hydrogen) atoms. The van der Waals surface area contributed by atoms with Crippen molar-refractivity contribution in [3.8, 4) is 0 Å². The van der Waals surface area contributed by atoms with Crippen LogP contribution in [0.3, 0.4) is 0 Å². The van der Waals surface area contributed by atoms with Crippen LogP contribution in [0.2, 0.25) is 5.02 Å². The number of hydrogen-bond acceptors (Lipinski definition) is 1. The summed E-state index contributed by atoms with van der Waals surface area (Å²) in [6, 6.07) is 8.21. The van der Waals surface area contributed by atoms with E-state index in [2.05, 4.69) is 5.32 Å². The smallest absolute Gasteiger partial charge is 0.309 e. The molecule has 112 valence electrons. The van der Waals surface area contributed by atoms with Gasteiger partial charge in [0.25, 0.3) is 0 Å². The molecule has 2 aromatic carbocycles. The third kappa shape index (κ3) is 3.54. The van der Waals surface area contributed by atoms with E-state index in [1.54, 1.807) is 31.3 Å². The minimum atomic E-state index is -4.52. The van der Waals surface area contributed by atoms with E-state index in [-0.39, 0.29) is 5.56 Å². The molecule has 1 atom stereocenters. The van der Waals surface area contributed by atoms with Crippen LogP contribution in [0.4, 0.5) is 17.6 Å². The molecule has 0 aliphatic heterocycles. The highest BCUT2D eigenvalue weighted by molar-refractivity contribution is 6.30. The zero-order valence-electron chi connectivity index (χ0n) is 11.0. The maximum Gasteiger partial charge on any atom is 0.416 e. The van der Waals surface area contributed by atoms with Gasteiger partial charge in [0.2, 0.25) is 0 Å². The highest BCUT2D eigenvalue weighted by Crippen LogP contribution is 2.33. The van der Waals surface area contributed by atoms with E-state index in [4.69, 9.17) is 11.6 Å². The van der Waals surface area contributed by atoms with Crippen LogP contribution in [0.1, 0.15) is 22.7 Å². The zero-order valence-corrected chi connectivity index (χ0v) is 11.8. The number of hydrogen-bond donors (Lipinski definition) is 1. The van der Waals surface area contributed by atoms with Crippen LogP contribution in [0, 0.1) is 5.82 Å². The quantitative estimate of drug-likeness (QED) is 0.801. The van der Waals surface area contributed by atoms with Gasteiger partial charge in [-0.1, -0.05) is 23.7 Å². The summed E-state index contributed by atoms with van der Waals surface area (Å²) in [6.45, 7) is 0. The topological polar surface area (TPSA) is 12.0 Å². The third-order valence-electron chi connectivity index (χ3n) is 3.11. The summed E-state index contributed by atoms with van der Waals surface area (Å²) in [7, 11) is 1.55. The fourth-order valence-corrected chi connectivity index (χ4v) is 2.33. The molecule has 0 aliphatic carbocycles. The summed E-state index contributed by atoms with van der Waals surface area (Å²) >= 11 is 5.88. The van der Waals surface area contributed by atoms with E-state index < -0.39 is 23.6 Å². The lowest BCUT2D eigenvalue weighted by Gasteiger charge is -2.19. The highest BCUT2D eigenvalue weighted by Gasteiger charge is 2.32. The number of rotatable bonds is 3.